The van der Waals surface area contributed by atoms with Gasteiger partial charge < -0.3 is 0 Å². The lowest BCUT2D eigenvalue weighted by Crippen LogP contribution is -2.39. The van der Waals surface area contributed by atoms with E-state index < -0.39 is 0 Å². The molecule has 0 bridgehead atoms. The smallest absolute Gasteiger partial charge is 0.0292 e. The molecule has 160 valence electrons. The fourth-order valence-electron chi connectivity index (χ4n) is 11.2. The van der Waals surface area contributed by atoms with Crippen molar-refractivity contribution in [2.45, 2.75) is 93.9 Å². The molecule has 0 aliphatic heterocycles. The van der Waals surface area contributed by atoms with E-state index in [2.05, 4.69) is 55.4 Å². The van der Waals surface area contributed by atoms with Crippen LogP contribution in [0.15, 0.2) is 0 Å². The molecule has 5 fully saturated rings. The molecule has 5 saturated carbocycles. The second-order valence-corrected chi connectivity index (χ2v) is 14.1. The van der Waals surface area contributed by atoms with E-state index in [1.54, 1.807) is 12.8 Å². The van der Waals surface area contributed by atoms with Gasteiger partial charge >= 0.3 is 0 Å². The van der Waals surface area contributed by atoms with Gasteiger partial charge in [0.1, 0.15) is 0 Å². The molecule has 0 nitrogen and oxygen atoms in total. The summed E-state index contributed by atoms with van der Waals surface area (Å²) >= 11 is 0. The molecule has 5 aliphatic rings. The van der Waals surface area contributed by atoms with Crippen molar-refractivity contribution in [1.29, 1.82) is 0 Å². The van der Waals surface area contributed by atoms with Gasteiger partial charge in [0, 0.05) is 0 Å². The standard InChI is InChI=1S/C28H48/c1-15-9-17(3)25-19-13-22-20(14-21(19)27(5,6)23(25)11-15)26-18(4)10-16(2)12-24(26)28(22,7)8/h15-26H,9-14H2,1-8H3. The Morgan fingerprint density at radius 3 is 1.18 bits per heavy atom. The molecule has 0 amide bonds. The van der Waals surface area contributed by atoms with Crippen LogP contribution in [-0.4, -0.2) is 0 Å². The lowest BCUT2D eigenvalue weighted by Gasteiger charge is -2.46. The second kappa shape index (κ2) is 6.26. The van der Waals surface area contributed by atoms with Crippen molar-refractivity contribution >= 4 is 0 Å². The maximum Gasteiger partial charge on any atom is -0.0292 e. The van der Waals surface area contributed by atoms with Gasteiger partial charge in [-0.3, -0.25) is 0 Å². The van der Waals surface area contributed by atoms with Gasteiger partial charge in [0.2, 0.25) is 0 Å². The molecule has 0 aromatic heterocycles. The van der Waals surface area contributed by atoms with Crippen LogP contribution in [0.25, 0.3) is 0 Å². The summed E-state index contributed by atoms with van der Waals surface area (Å²) in [7, 11) is 0. The van der Waals surface area contributed by atoms with Crippen LogP contribution >= 0.6 is 0 Å². The summed E-state index contributed by atoms with van der Waals surface area (Å²) in [6.45, 7) is 21.1. The first-order chi connectivity index (χ1) is 13.0. The summed E-state index contributed by atoms with van der Waals surface area (Å²) in [4.78, 5) is 0. The van der Waals surface area contributed by atoms with Crippen molar-refractivity contribution < 1.29 is 0 Å². The lowest BCUT2D eigenvalue weighted by molar-refractivity contribution is 0.0257. The summed E-state index contributed by atoms with van der Waals surface area (Å²) in [6.07, 6.45) is 9.20. The minimum atomic E-state index is 0.580. The Labute approximate surface area is 176 Å². The quantitative estimate of drug-likeness (QED) is 0.398. The molecule has 0 heterocycles. The van der Waals surface area contributed by atoms with Crippen molar-refractivity contribution in [2.75, 3.05) is 0 Å². The molecular weight excluding hydrogens is 336 g/mol. The van der Waals surface area contributed by atoms with Crippen LogP contribution in [0, 0.1) is 81.8 Å². The van der Waals surface area contributed by atoms with Crippen LogP contribution in [0.4, 0.5) is 0 Å². The van der Waals surface area contributed by atoms with E-state index >= 15 is 0 Å². The fourth-order valence-corrected chi connectivity index (χ4v) is 11.2. The van der Waals surface area contributed by atoms with Gasteiger partial charge in [-0.05, 0) is 120 Å². The highest BCUT2D eigenvalue weighted by atomic mass is 14.7. The first kappa shape index (κ1) is 19.9. The Bertz CT molecular complexity index is 560. The third kappa shape index (κ3) is 2.54. The van der Waals surface area contributed by atoms with E-state index in [9.17, 15) is 0 Å². The number of fused-ring (bicyclic) bond motifs is 6. The summed E-state index contributed by atoms with van der Waals surface area (Å²) in [5.74, 6) is 12.0. The summed E-state index contributed by atoms with van der Waals surface area (Å²) < 4.78 is 0. The zero-order valence-corrected chi connectivity index (χ0v) is 20.2. The molecule has 28 heavy (non-hydrogen) atoms. The van der Waals surface area contributed by atoms with E-state index in [0.29, 0.717) is 10.8 Å². The Morgan fingerprint density at radius 1 is 0.464 bits per heavy atom. The van der Waals surface area contributed by atoms with Crippen molar-refractivity contribution in [1.82, 2.24) is 0 Å². The predicted octanol–water partition coefficient (Wildman–Crippen LogP) is 7.92. The zero-order valence-electron chi connectivity index (χ0n) is 20.2. The van der Waals surface area contributed by atoms with Crippen molar-refractivity contribution in [2.24, 2.45) is 81.8 Å². The summed E-state index contributed by atoms with van der Waals surface area (Å²) in [5.41, 5.74) is 1.16. The molecule has 5 rings (SSSR count). The lowest BCUT2D eigenvalue weighted by atomic mass is 9.59. The summed E-state index contributed by atoms with van der Waals surface area (Å²) in [6, 6.07) is 0. The minimum Gasteiger partial charge on any atom is -0.0625 e. The molecule has 0 heteroatoms. The minimum absolute atomic E-state index is 0.580. The van der Waals surface area contributed by atoms with Crippen LogP contribution in [0.5, 0.6) is 0 Å². The van der Waals surface area contributed by atoms with Crippen LogP contribution < -0.4 is 0 Å². The summed E-state index contributed by atoms with van der Waals surface area (Å²) in [5, 5.41) is 0. The highest BCUT2D eigenvalue weighted by Gasteiger charge is 2.66. The van der Waals surface area contributed by atoms with Gasteiger partial charge in [-0.25, -0.2) is 0 Å². The predicted molar refractivity (Wildman–Crippen MR) is 120 cm³/mol. The first-order valence-electron chi connectivity index (χ1n) is 13.0. The third-order valence-corrected chi connectivity index (χ3v) is 12.0. The van der Waals surface area contributed by atoms with Gasteiger partial charge in [0.25, 0.3) is 0 Å². The number of hydrogen-bond donors (Lipinski definition) is 0. The number of rotatable bonds is 0. The molecule has 0 aromatic carbocycles. The Hall–Kier alpha value is 0. The number of hydrogen-bond acceptors (Lipinski definition) is 0. The highest BCUT2D eigenvalue weighted by Crippen LogP contribution is 2.72. The van der Waals surface area contributed by atoms with E-state index in [-0.39, 0.29) is 0 Å². The average molecular weight is 385 g/mol. The maximum atomic E-state index is 2.70. The van der Waals surface area contributed by atoms with Crippen LogP contribution in [0.1, 0.15) is 93.9 Å². The third-order valence-electron chi connectivity index (χ3n) is 12.0. The van der Waals surface area contributed by atoms with Crippen LogP contribution in [0.2, 0.25) is 0 Å². The van der Waals surface area contributed by atoms with E-state index in [1.807, 2.05) is 0 Å². The van der Waals surface area contributed by atoms with E-state index in [4.69, 9.17) is 0 Å². The molecule has 0 spiro atoms. The first-order valence-corrected chi connectivity index (χ1v) is 13.0. The van der Waals surface area contributed by atoms with Gasteiger partial charge in [0.05, 0.1) is 0 Å². The molecular formula is C28H48. The fraction of sp³-hybridized carbons (Fsp3) is 1.00. The van der Waals surface area contributed by atoms with Crippen LogP contribution in [-0.2, 0) is 0 Å². The normalized spacial score (nSPS) is 59.1. The molecule has 0 N–H and O–H groups in total. The SMILES string of the molecule is CC1CC(C)C2C3CC4C(CC3C(C)(C)C2C1)C1C(C)CC(C)CC1C4(C)C. The van der Waals surface area contributed by atoms with Gasteiger partial charge in [0.15, 0.2) is 0 Å². The maximum absolute atomic E-state index is 2.70. The van der Waals surface area contributed by atoms with Crippen molar-refractivity contribution in [3.05, 3.63) is 0 Å². The zero-order chi connectivity index (χ0) is 20.2. The molecule has 12 atom stereocenters. The second-order valence-electron chi connectivity index (χ2n) is 14.1. The highest BCUT2D eigenvalue weighted by molar-refractivity contribution is 5.14. The van der Waals surface area contributed by atoms with Gasteiger partial charge in [-0.1, -0.05) is 55.4 Å². The van der Waals surface area contributed by atoms with Crippen LogP contribution in [0.3, 0.4) is 0 Å². The van der Waals surface area contributed by atoms with Crippen molar-refractivity contribution in [3.8, 4) is 0 Å². The van der Waals surface area contributed by atoms with E-state index in [0.717, 1.165) is 71.0 Å². The molecule has 12 unspecified atom stereocenters. The Balaban J connectivity index is 1.50. The average Bonchev–Trinajstić information content (AvgIpc) is 2.93. The van der Waals surface area contributed by atoms with Gasteiger partial charge in [-0.2, -0.15) is 0 Å². The van der Waals surface area contributed by atoms with E-state index in [1.165, 1.54) is 25.7 Å². The largest absolute Gasteiger partial charge is 0.0625 e. The Kier molecular flexibility index (Phi) is 4.46. The molecule has 5 aliphatic carbocycles. The molecule has 0 radical (unpaired) electrons. The Morgan fingerprint density at radius 2 is 0.821 bits per heavy atom. The monoisotopic (exact) mass is 384 g/mol. The topological polar surface area (TPSA) is 0 Å². The molecule has 0 saturated heterocycles. The van der Waals surface area contributed by atoms with Gasteiger partial charge in [-0.15, -0.1) is 0 Å². The van der Waals surface area contributed by atoms with Crippen molar-refractivity contribution in [3.63, 3.8) is 0 Å². The molecule has 0 aromatic rings.